The Labute approximate surface area is 245 Å². The van der Waals surface area contributed by atoms with E-state index >= 15 is 4.39 Å². The molecule has 6 rings (SSSR count). The highest BCUT2D eigenvalue weighted by atomic mass is 32.2. The van der Waals surface area contributed by atoms with E-state index in [2.05, 4.69) is 20.0 Å². The molecular formula is C29H29F3N4O6S. The highest BCUT2D eigenvalue weighted by Crippen LogP contribution is 2.50. The number of imidazole rings is 1. The van der Waals surface area contributed by atoms with Crippen LogP contribution in [0.2, 0.25) is 0 Å². The number of nitrogens with zero attached hydrogens (tertiary/aromatic N) is 3. The van der Waals surface area contributed by atoms with E-state index in [0.29, 0.717) is 16.6 Å². The zero-order chi connectivity index (χ0) is 29.9. The van der Waals surface area contributed by atoms with Crippen molar-refractivity contribution < 1.29 is 41.0 Å². The third kappa shape index (κ3) is 5.64. The largest absolute Gasteiger partial charge is 0.586 e. The Morgan fingerprint density at radius 3 is 2.56 bits per heavy atom. The van der Waals surface area contributed by atoms with Gasteiger partial charge in [-0.05, 0) is 49.2 Å². The average Bonchev–Trinajstić information content (AvgIpc) is 3.48. The van der Waals surface area contributed by atoms with Crippen LogP contribution in [0, 0.1) is 0 Å². The van der Waals surface area contributed by atoms with E-state index in [1.54, 1.807) is 16.7 Å². The van der Waals surface area contributed by atoms with Gasteiger partial charge in [-0.25, -0.2) is 17.8 Å². The monoisotopic (exact) mass is 618 g/mol. The van der Waals surface area contributed by atoms with Gasteiger partial charge in [0.2, 0.25) is 0 Å². The second-order valence-corrected chi connectivity index (χ2v) is 12.4. The summed E-state index contributed by atoms with van der Waals surface area (Å²) in [6.45, 7) is 0.975. The van der Waals surface area contributed by atoms with E-state index in [-0.39, 0.29) is 66.0 Å². The fraction of sp³-hybridized carbons (Fsp3) is 0.345. The summed E-state index contributed by atoms with van der Waals surface area (Å²) in [4.78, 5) is 21.7. The van der Waals surface area contributed by atoms with Crippen molar-refractivity contribution in [3.63, 3.8) is 0 Å². The molecule has 0 saturated heterocycles. The van der Waals surface area contributed by atoms with Crippen molar-refractivity contribution in [1.82, 2.24) is 19.9 Å². The highest BCUT2D eigenvalue weighted by molar-refractivity contribution is 7.91. The number of aliphatic hydroxyl groups excluding tert-OH is 1. The van der Waals surface area contributed by atoms with Crippen LogP contribution in [0.5, 0.6) is 11.5 Å². The number of hydrogen-bond acceptors (Lipinski definition) is 8. The van der Waals surface area contributed by atoms with E-state index in [9.17, 15) is 27.1 Å². The molecule has 0 radical (unpaired) electrons. The lowest BCUT2D eigenvalue weighted by atomic mass is 10.1. The molecule has 10 nitrogen and oxygen atoms in total. The van der Waals surface area contributed by atoms with Gasteiger partial charge in [-0.1, -0.05) is 26.5 Å². The number of rotatable bonds is 9. The number of aliphatic hydroxyl groups is 1. The molecule has 1 amide bonds. The van der Waals surface area contributed by atoms with Gasteiger partial charge in [-0.15, -0.1) is 8.78 Å². The van der Waals surface area contributed by atoms with Crippen LogP contribution in [0.1, 0.15) is 60.7 Å². The molecule has 4 aromatic rings. The quantitative estimate of drug-likeness (QED) is 0.277. The molecule has 1 atom stereocenters. The van der Waals surface area contributed by atoms with Crippen LogP contribution in [0.4, 0.5) is 13.2 Å². The number of benzene rings is 2. The summed E-state index contributed by atoms with van der Waals surface area (Å²) >= 11 is 0. The summed E-state index contributed by atoms with van der Waals surface area (Å²) in [5.74, 6) is -0.826. The summed E-state index contributed by atoms with van der Waals surface area (Å²) < 4.78 is 77.8. The summed E-state index contributed by atoms with van der Waals surface area (Å²) in [6.07, 6.45) is -2.14. The first-order valence-corrected chi connectivity index (χ1v) is 14.8. The highest BCUT2D eigenvalue weighted by Gasteiger charge is 2.50. The number of alkyl halides is 3. The lowest BCUT2D eigenvalue weighted by molar-refractivity contribution is -0.287. The molecule has 1 saturated carbocycles. The molecular weight excluding hydrogens is 589 g/mol. The maximum Gasteiger partial charge on any atom is 0.586 e. The first-order chi connectivity index (χ1) is 19.9. The standard InChI is InChI=1S/C28H25F3N4O6S.CH4/c1-2-42(38,39)18-7-8-19(32-13-18)21(15-36)33-25(37)16-6-9-22-20(12-16)34-26(27(29)10-11-27)35(22)14-17-4-3-5-23-24(17)41-28(30,31)40-23;/h3-9,12-13,21,36H,2,10-11,14-15H2,1H3,(H,33,37);1H4/t21-;/m0./s1. The minimum Gasteiger partial charge on any atom is -0.395 e. The summed E-state index contributed by atoms with van der Waals surface area (Å²) in [5, 5.41) is 12.6. The molecule has 1 aliphatic carbocycles. The third-order valence-electron chi connectivity index (χ3n) is 7.28. The van der Waals surface area contributed by atoms with Gasteiger partial charge in [-0.3, -0.25) is 9.78 Å². The Morgan fingerprint density at radius 2 is 1.91 bits per heavy atom. The summed E-state index contributed by atoms with van der Waals surface area (Å²) in [6, 6.07) is 10.9. The Bertz CT molecular complexity index is 1810. The molecule has 2 aromatic carbocycles. The molecule has 2 aromatic heterocycles. The zero-order valence-electron chi connectivity index (χ0n) is 22.2. The number of aromatic nitrogens is 3. The van der Waals surface area contributed by atoms with E-state index in [4.69, 9.17) is 4.74 Å². The van der Waals surface area contributed by atoms with Crippen LogP contribution in [-0.4, -0.2) is 52.6 Å². The number of carbonyl (C=O) groups is 1. The van der Waals surface area contributed by atoms with Crippen molar-refractivity contribution in [2.45, 2.75) is 56.6 Å². The number of nitrogens with one attached hydrogen (secondary N) is 1. The van der Waals surface area contributed by atoms with Gasteiger partial charge in [0.25, 0.3) is 5.91 Å². The maximum atomic E-state index is 15.4. The molecule has 0 spiro atoms. The van der Waals surface area contributed by atoms with Crippen molar-refractivity contribution in [3.8, 4) is 11.5 Å². The van der Waals surface area contributed by atoms with Crippen LogP contribution in [-0.2, 0) is 22.1 Å². The number of ether oxygens (including phenoxy) is 2. The van der Waals surface area contributed by atoms with E-state index < -0.39 is 40.4 Å². The predicted molar refractivity (Wildman–Crippen MR) is 149 cm³/mol. The van der Waals surface area contributed by atoms with Crippen LogP contribution < -0.4 is 14.8 Å². The second-order valence-electron chi connectivity index (χ2n) is 10.1. The van der Waals surface area contributed by atoms with Crippen molar-refractivity contribution >= 4 is 26.8 Å². The fourth-order valence-electron chi connectivity index (χ4n) is 4.83. The van der Waals surface area contributed by atoms with Gasteiger partial charge < -0.3 is 24.5 Å². The number of para-hydroxylation sites is 1. The summed E-state index contributed by atoms with van der Waals surface area (Å²) in [5.41, 5.74) is -0.137. The lowest BCUT2D eigenvalue weighted by Gasteiger charge is -2.16. The molecule has 3 heterocycles. The van der Waals surface area contributed by atoms with E-state index in [1.165, 1.54) is 49.5 Å². The minimum atomic E-state index is -3.81. The average molecular weight is 619 g/mol. The normalized spacial score (nSPS) is 16.9. The van der Waals surface area contributed by atoms with Crippen molar-refractivity contribution in [2.24, 2.45) is 0 Å². The van der Waals surface area contributed by atoms with Crippen LogP contribution in [0.3, 0.4) is 0 Å². The van der Waals surface area contributed by atoms with E-state index in [0.717, 1.165) is 0 Å². The van der Waals surface area contributed by atoms with Gasteiger partial charge >= 0.3 is 6.29 Å². The van der Waals surface area contributed by atoms with E-state index in [1.807, 2.05) is 0 Å². The Morgan fingerprint density at radius 1 is 1.14 bits per heavy atom. The fourth-order valence-corrected chi connectivity index (χ4v) is 5.65. The van der Waals surface area contributed by atoms with Gasteiger partial charge in [0, 0.05) is 17.3 Å². The third-order valence-corrected chi connectivity index (χ3v) is 9.00. The first-order valence-electron chi connectivity index (χ1n) is 13.1. The Kier molecular flexibility index (Phi) is 7.63. The molecule has 2 N–H and O–H groups in total. The van der Waals surface area contributed by atoms with Crippen LogP contribution in [0.15, 0.2) is 59.6 Å². The second kappa shape index (κ2) is 10.8. The maximum absolute atomic E-state index is 15.4. The molecule has 1 fully saturated rings. The number of amides is 1. The number of fused-ring (bicyclic) bond motifs is 2. The number of hydrogen-bond donors (Lipinski definition) is 2. The van der Waals surface area contributed by atoms with Crippen LogP contribution in [0.25, 0.3) is 11.0 Å². The van der Waals surface area contributed by atoms with Gasteiger partial charge in [-0.2, -0.15) is 0 Å². The van der Waals surface area contributed by atoms with Crippen LogP contribution >= 0.6 is 0 Å². The smallest absolute Gasteiger partial charge is 0.395 e. The molecule has 2 aliphatic rings. The summed E-state index contributed by atoms with van der Waals surface area (Å²) in [7, 11) is -3.46. The topological polar surface area (TPSA) is 133 Å². The van der Waals surface area contributed by atoms with Gasteiger partial charge in [0.05, 0.1) is 46.6 Å². The molecule has 228 valence electrons. The van der Waals surface area contributed by atoms with Crippen molar-refractivity contribution in [1.29, 1.82) is 0 Å². The SMILES string of the molecule is C.CCS(=O)(=O)c1ccc([C@H](CO)NC(=O)c2ccc3c(c2)nc(C2(F)CC2)n3Cc2cccc3c2OC(F)(F)O3)nc1. The number of halogens is 3. The predicted octanol–water partition coefficient (Wildman–Crippen LogP) is 4.65. The van der Waals surface area contributed by atoms with Gasteiger partial charge in [0.1, 0.15) is 5.82 Å². The molecule has 1 aliphatic heterocycles. The number of carbonyl (C=O) groups excluding carboxylic acids is 1. The molecule has 0 bridgehead atoms. The number of pyridine rings is 1. The molecule has 0 unspecified atom stereocenters. The lowest BCUT2D eigenvalue weighted by Crippen LogP contribution is -2.31. The minimum absolute atomic E-state index is 0. The van der Waals surface area contributed by atoms with Crippen molar-refractivity contribution in [2.75, 3.05) is 12.4 Å². The first kappa shape index (κ1) is 30.3. The van der Waals surface area contributed by atoms with Gasteiger partial charge in [0.15, 0.2) is 27.0 Å². The molecule has 43 heavy (non-hydrogen) atoms. The molecule has 14 heteroatoms. The van der Waals surface area contributed by atoms with Crippen molar-refractivity contribution in [3.05, 3.63) is 77.4 Å². The number of sulfone groups is 1. The zero-order valence-corrected chi connectivity index (χ0v) is 23.0. The Balaban J connectivity index is 0.00000368. The Hall–Kier alpha value is -4.17.